The molecule has 0 aromatic heterocycles. The Kier molecular flexibility index (Phi) is 13.2. The van der Waals surface area contributed by atoms with Crippen LogP contribution in [0.1, 0.15) is 90.2 Å². The number of aliphatic hydroxyl groups is 3. The van der Waals surface area contributed by atoms with E-state index in [-0.39, 0.29) is 29.7 Å². The number of halogens is 2. The summed E-state index contributed by atoms with van der Waals surface area (Å²) in [6, 6.07) is 14.7. The van der Waals surface area contributed by atoms with Crippen molar-refractivity contribution in [2.24, 2.45) is 16.7 Å². The van der Waals surface area contributed by atoms with Gasteiger partial charge in [-0.3, -0.25) is 19.2 Å². The van der Waals surface area contributed by atoms with E-state index >= 15 is 4.79 Å². The molecule has 2 aromatic carbocycles. The number of benzene rings is 2. The van der Waals surface area contributed by atoms with Crippen molar-refractivity contribution in [1.82, 2.24) is 5.32 Å². The maximum Gasteiger partial charge on any atom is 0.338 e. The Morgan fingerprint density at radius 1 is 0.952 bits per heavy atom. The summed E-state index contributed by atoms with van der Waals surface area (Å²) in [4.78, 5) is 83.3. The third-order valence-electron chi connectivity index (χ3n) is 13.6. The molecule has 1 aliphatic heterocycles. The van der Waals surface area contributed by atoms with E-state index in [0.717, 1.165) is 13.8 Å². The van der Waals surface area contributed by atoms with Crippen molar-refractivity contribution in [3.05, 3.63) is 82.9 Å². The van der Waals surface area contributed by atoms with E-state index in [2.05, 4.69) is 37.2 Å². The second-order valence-corrected chi connectivity index (χ2v) is 20.7. The van der Waals surface area contributed by atoms with Crippen molar-refractivity contribution in [2.45, 2.75) is 131 Å². The fraction of sp³-hybridized carbons (Fsp3) is 0.556. The summed E-state index contributed by atoms with van der Waals surface area (Å²) in [5, 5.41) is 40.3. The summed E-state index contributed by atoms with van der Waals surface area (Å²) in [6.07, 6.45) is -10.5. The first kappa shape index (κ1) is 47.5. The molecular formula is C45H53Br2NO14. The lowest BCUT2D eigenvalue weighted by Crippen LogP contribution is -2.82. The Labute approximate surface area is 376 Å². The SMILES string of the molecule is CC(=O)O[C@H]1C(=O)[C@]2(C)[C@H](O)C[C@H]3OC[C@@]3(OC(C)=O)[C@H]2[C@H](OC(=O)c2ccccc2)[C@]2(O)C[C@H](OC(=O)[C@H](O)[C@@H](NC(=O)[C@@](C)(Br)[C@H](C)Br)c3ccccc3)C(C)=C1C2(C)C. The normalized spacial score (nSPS) is 33.5. The van der Waals surface area contributed by atoms with Gasteiger partial charge in [-0.15, -0.1) is 0 Å². The fourth-order valence-corrected chi connectivity index (χ4v) is 10.2. The number of hydrogen-bond donors (Lipinski definition) is 4. The van der Waals surface area contributed by atoms with E-state index in [9.17, 15) is 39.3 Å². The number of nitrogens with one attached hydrogen (secondary N) is 1. The highest BCUT2D eigenvalue weighted by Crippen LogP contribution is 2.64. The monoisotopic (exact) mass is 989 g/mol. The molecule has 17 heteroatoms. The van der Waals surface area contributed by atoms with Gasteiger partial charge in [0, 0.05) is 36.9 Å². The van der Waals surface area contributed by atoms with Crippen LogP contribution < -0.4 is 5.32 Å². The predicted octanol–water partition coefficient (Wildman–Crippen LogP) is 4.36. The van der Waals surface area contributed by atoms with Crippen LogP contribution in [0.5, 0.6) is 0 Å². The average Bonchev–Trinajstić information content (AvgIpc) is 3.20. The number of alkyl halides is 2. The van der Waals surface area contributed by atoms with Crippen molar-refractivity contribution in [1.29, 1.82) is 0 Å². The number of aliphatic hydroxyl groups excluding tert-OH is 2. The summed E-state index contributed by atoms with van der Waals surface area (Å²) < 4.78 is 29.1. The number of amides is 1. The van der Waals surface area contributed by atoms with Crippen molar-refractivity contribution < 1.29 is 67.8 Å². The summed E-state index contributed by atoms with van der Waals surface area (Å²) in [7, 11) is 0. The molecule has 336 valence electrons. The Hall–Kier alpha value is -4.00. The Morgan fingerprint density at radius 3 is 2.08 bits per heavy atom. The van der Waals surface area contributed by atoms with Gasteiger partial charge in [-0.1, -0.05) is 101 Å². The van der Waals surface area contributed by atoms with Gasteiger partial charge >= 0.3 is 23.9 Å². The number of fused-ring (bicyclic) bond motifs is 5. The van der Waals surface area contributed by atoms with Crippen LogP contribution in [0.3, 0.4) is 0 Å². The Bertz CT molecular complexity index is 2140. The molecule has 0 unspecified atom stereocenters. The predicted molar refractivity (Wildman–Crippen MR) is 228 cm³/mol. The summed E-state index contributed by atoms with van der Waals surface area (Å²) in [6.45, 7) is 11.3. The molecule has 4 N–H and O–H groups in total. The molecule has 0 radical (unpaired) electrons. The molecule has 1 heterocycles. The zero-order chi connectivity index (χ0) is 45.9. The lowest BCUT2D eigenvalue weighted by Gasteiger charge is -2.67. The molecule has 13 atom stereocenters. The molecule has 2 bridgehead atoms. The molecule has 2 saturated carbocycles. The molecule has 0 spiro atoms. The van der Waals surface area contributed by atoms with E-state index in [1.807, 2.05) is 0 Å². The number of ether oxygens (including phenoxy) is 5. The number of carbonyl (C=O) groups is 6. The summed E-state index contributed by atoms with van der Waals surface area (Å²) >= 11 is 6.85. The first-order valence-electron chi connectivity index (χ1n) is 20.3. The smallest absolute Gasteiger partial charge is 0.338 e. The number of esters is 4. The van der Waals surface area contributed by atoms with E-state index in [4.69, 9.17) is 23.7 Å². The van der Waals surface area contributed by atoms with E-state index < -0.39 is 122 Å². The third-order valence-corrected chi connectivity index (χ3v) is 16.2. The second kappa shape index (κ2) is 17.2. The van der Waals surface area contributed by atoms with Gasteiger partial charge in [0.15, 0.2) is 23.6 Å². The van der Waals surface area contributed by atoms with E-state index in [1.54, 1.807) is 76.2 Å². The molecule has 1 amide bonds. The van der Waals surface area contributed by atoms with Gasteiger partial charge in [-0.05, 0) is 49.6 Å². The molecule has 4 aliphatic rings. The van der Waals surface area contributed by atoms with Crippen molar-refractivity contribution in [3.8, 4) is 0 Å². The minimum absolute atomic E-state index is 0.00540. The molecule has 3 fully saturated rings. The lowest BCUT2D eigenvalue weighted by atomic mass is 9.44. The highest BCUT2D eigenvalue weighted by Gasteiger charge is 2.78. The molecular weight excluding hydrogens is 938 g/mol. The summed E-state index contributed by atoms with van der Waals surface area (Å²) in [5.74, 6) is -6.83. The molecule has 2 aromatic rings. The number of rotatable bonds is 11. The van der Waals surface area contributed by atoms with Gasteiger partial charge in [0.2, 0.25) is 5.91 Å². The van der Waals surface area contributed by atoms with Gasteiger partial charge in [0.25, 0.3) is 0 Å². The van der Waals surface area contributed by atoms with Crippen LogP contribution in [0.2, 0.25) is 0 Å². The maximum absolute atomic E-state index is 15.5. The highest BCUT2D eigenvalue weighted by atomic mass is 79.9. The first-order valence-corrected chi connectivity index (χ1v) is 22.0. The second-order valence-electron chi connectivity index (χ2n) is 17.7. The van der Waals surface area contributed by atoms with Gasteiger partial charge in [-0.25, -0.2) is 9.59 Å². The zero-order valence-electron chi connectivity index (χ0n) is 35.7. The summed E-state index contributed by atoms with van der Waals surface area (Å²) in [5.41, 5.74) is -7.30. The van der Waals surface area contributed by atoms with Crippen molar-refractivity contribution in [2.75, 3.05) is 6.61 Å². The van der Waals surface area contributed by atoms with Gasteiger partial charge < -0.3 is 44.3 Å². The minimum atomic E-state index is -2.39. The Morgan fingerprint density at radius 2 is 1.55 bits per heavy atom. The van der Waals surface area contributed by atoms with E-state index in [1.165, 1.54) is 26.0 Å². The number of Topliss-reactive ketones (excluding diaryl/α,β-unsaturated/α-hetero) is 1. The fourth-order valence-electron chi connectivity index (χ4n) is 9.83. The standard InChI is InChI=1S/C45H53Br2NO14/c1-22-28(60-39(55)33(52)32(26-15-11-9-12-16-26)48-40(56)43(8,47)23(2)46)20-45(57)37(61-38(54)27-17-13-10-14-18-27)35-42(7,29(51)19-30-44(35,21-58-30)62-25(4)50)36(53)34(59-24(3)49)31(22)41(45,5)6/h9-18,23,28-30,32-35,37,51-52,57H,19-21H2,1-8H3,(H,48,56)/t23-,28-,29+,30+,32-,33+,34+,35-,37-,42+,43-,44-,45+/m0/s1. The highest BCUT2D eigenvalue weighted by molar-refractivity contribution is 9.12. The molecule has 62 heavy (non-hydrogen) atoms. The molecule has 15 nitrogen and oxygen atoms in total. The van der Waals surface area contributed by atoms with Crippen molar-refractivity contribution >= 4 is 67.4 Å². The molecule has 3 aliphatic carbocycles. The van der Waals surface area contributed by atoms with Crippen LogP contribution in [0.15, 0.2) is 71.8 Å². The van der Waals surface area contributed by atoms with Crippen LogP contribution in [-0.2, 0) is 47.7 Å². The van der Waals surface area contributed by atoms with Gasteiger partial charge in [0.05, 0.1) is 35.6 Å². The zero-order valence-corrected chi connectivity index (χ0v) is 38.9. The third kappa shape index (κ3) is 7.84. The van der Waals surface area contributed by atoms with Gasteiger partial charge in [-0.2, -0.15) is 0 Å². The van der Waals surface area contributed by atoms with Crippen LogP contribution in [0, 0.1) is 16.7 Å². The Balaban J connectivity index is 1.54. The largest absolute Gasteiger partial charge is 0.456 e. The van der Waals surface area contributed by atoms with Crippen LogP contribution >= 0.6 is 31.9 Å². The minimum Gasteiger partial charge on any atom is -0.456 e. The van der Waals surface area contributed by atoms with Crippen LogP contribution in [0.4, 0.5) is 0 Å². The first-order chi connectivity index (χ1) is 28.9. The molecule has 1 saturated heterocycles. The number of carbonyl (C=O) groups excluding carboxylic acids is 6. The molecule has 6 rings (SSSR count). The van der Waals surface area contributed by atoms with Crippen molar-refractivity contribution in [3.63, 3.8) is 0 Å². The lowest BCUT2D eigenvalue weighted by molar-refractivity contribution is -0.346. The van der Waals surface area contributed by atoms with E-state index in [0.29, 0.717) is 5.56 Å². The topological polar surface area (TPSA) is 221 Å². The average molecular weight is 992 g/mol. The quantitative estimate of drug-likeness (QED) is 0.106. The number of hydrogen-bond acceptors (Lipinski definition) is 14. The van der Waals surface area contributed by atoms with Crippen LogP contribution in [0.25, 0.3) is 0 Å². The van der Waals surface area contributed by atoms with Gasteiger partial charge in [0.1, 0.15) is 28.2 Å². The number of ketones is 1. The van der Waals surface area contributed by atoms with Crippen LogP contribution in [-0.4, -0.2) is 114 Å². The maximum atomic E-state index is 15.5.